The first-order valence-electron chi connectivity index (χ1n) is 12.4. The van der Waals surface area contributed by atoms with Crippen molar-refractivity contribution in [3.8, 4) is 17.1 Å². The van der Waals surface area contributed by atoms with Crippen molar-refractivity contribution in [2.75, 3.05) is 44.4 Å². The summed E-state index contributed by atoms with van der Waals surface area (Å²) < 4.78 is 29.9. The third-order valence-electron chi connectivity index (χ3n) is 6.50. The molecule has 1 fully saturated rings. The summed E-state index contributed by atoms with van der Waals surface area (Å²) in [5.74, 6) is 1.28. The number of hydrogen-bond donors (Lipinski definition) is 4. The number of sulfone groups is 1. The van der Waals surface area contributed by atoms with Crippen LogP contribution in [0, 0.1) is 12.3 Å². The quantitative estimate of drug-likeness (QED) is 0.251. The van der Waals surface area contributed by atoms with E-state index in [1.165, 1.54) is 13.2 Å². The molecule has 1 aliphatic heterocycles. The maximum atomic E-state index is 12.1. The number of allylic oxidation sites excluding steroid dienone is 2. The van der Waals surface area contributed by atoms with Gasteiger partial charge in [-0.05, 0) is 58.9 Å². The Morgan fingerprint density at radius 1 is 1.29 bits per heavy atom. The number of nitrogens with one attached hydrogen (secondary N) is 2. The number of aliphatic hydroxyl groups is 2. The van der Waals surface area contributed by atoms with Crippen LogP contribution in [0.25, 0.3) is 17.0 Å². The van der Waals surface area contributed by atoms with E-state index in [-0.39, 0.29) is 29.5 Å². The van der Waals surface area contributed by atoms with Gasteiger partial charge in [0.15, 0.2) is 5.82 Å². The number of aromatic nitrogens is 2. The van der Waals surface area contributed by atoms with Crippen molar-refractivity contribution < 1.29 is 23.4 Å². The number of anilines is 1. The molecule has 0 radical (unpaired) electrons. The van der Waals surface area contributed by atoms with Gasteiger partial charge in [-0.1, -0.05) is 11.6 Å². The van der Waals surface area contributed by atoms with Crippen LogP contribution in [-0.4, -0.2) is 85.2 Å². The van der Waals surface area contributed by atoms with Gasteiger partial charge >= 0.3 is 0 Å². The van der Waals surface area contributed by atoms with Gasteiger partial charge in [-0.25, -0.2) is 18.4 Å². The smallest absolute Gasteiger partial charge is 0.163 e. The highest BCUT2D eigenvalue weighted by atomic mass is 35.5. The fourth-order valence-electron chi connectivity index (χ4n) is 4.55. The summed E-state index contributed by atoms with van der Waals surface area (Å²) in [4.78, 5) is 11.6. The highest BCUT2D eigenvalue weighted by Crippen LogP contribution is 2.35. The molecule has 0 saturated carbocycles. The number of nitrogens with zero attached hydrogens (tertiary/aromatic N) is 3. The molecule has 2 heterocycles. The van der Waals surface area contributed by atoms with Gasteiger partial charge in [-0.15, -0.1) is 0 Å². The Morgan fingerprint density at radius 2 is 1.95 bits per heavy atom. The minimum absolute atomic E-state index is 0.0475. The number of hydrogen-bond acceptors (Lipinski definition) is 10. The van der Waals surface area contributed by atoms with Gasteiger partial charge in [-0.2, -0.15) is 0 Å². The summed E-state index contributed by atoms with van der Waals surface area (Å²) in [6.45, 7) is 6.32. The van der Waals surface area contributed by atoms with E-state index in [9.17, 15) is 18.6 Å². The molecular formula is C26H36ClN5O5S. The molecule has 3 rings (SSSR count). The van der Waals surface area contributed by atoms with E-state index in [1.54, 1.807) is 32.2 Å². The molecule has 208 valence electrons. The first-order chi connectivity index (χ1) is 17.8. The molecule has 38 heavy (non-hydrogen) atoms. The van der Waals surface area contributed by atoms with E-state index in [2.05, 4.69) is 5.32 Å². The molecule has 1 atom stereocenters. The van der Waals surface area contributed by atoms with Crippen molar-refractivity contribution in [2.24, 2.45) is 0 Å². The predicted octanol–water partition coefficient (Wildman–Crippen LogP) is 3.41. The van der Waals surface area contributed by atoms with E-state index in [4.69, 9.17) is 31.7 Å². The highest BCUT2D eigenvalue weighted by molar-refractivity contribution is 7.91. The first kappa shape index (κ1) is 29.8. The maximum Gasteiger partial charge on any atom is 0.163 e. The molecule has 0 spiro atoms. The summed E-state index contributed by atoms with van der Waals surface area (Å²) in [6, 6.07) is 5.04. The largest absolute Gasteiger partial charge is 0.512 e. The normalized spacial score (nSPS) is 16.2. The van der Waals surface area contributed by atoms with Crippen molar-refractivity contribution in [2.45, 2.75) is 45.0 Å². The van der Waals surface area contributed by atoms with Crippen LogP contribution in [0.4, 0.5) is 5.82 Å². The molecule has 0 aliphatic carbocycles. The van der Waals surface area contributed by atoms with E-state index in [1.807, 2.05) is 11.8 Å². The van der Waals surface area contributed by atoms with Gasteiger partial charge < -0.3 is 30.6 Å². The Balaban J connectivity index is 2.11. The zero-order valence-electron chi connectivity index (χ0n) is 22.4. The minimum Gasteiger partial charge on any atom is -0.512 e. The summed E-state index contributed by atoms with van der Waals surface area (Å²) in [7, 11) is -1.40. The van der Waals surface area contributed by atoms with Crippen molar-refractivity contribution in [1.29, 1.82) is 5.41 Å². The number of rotatable bonds is 10. The zero-order valence-corrected chi connectivity index (χ0v) is 23.9. The third-order valence-corrected chi connectivity index (χ3v) is 8.51. The van der Waals surface area contributed by atoms with Crippen LogP contribution >= 0.6 is 11.6 Å². The molecule has 1 aromatic carbocycles. The average Bonchev–Trinajstić information content (AvgIpc) is 2.84. The summed E-state index contributed by atoms with van der Waals surface area (Å²) in [5, 5.41) is 31.6. The molecule has 1 saturated heterocycles. The van der Waals surface area contributed by atoms with E-state index in [0.717, 1.165) is 0 Å². The summed E-state index contributed by atoms with van der Waals surface area (Å²) in [6.07, 6.45) is 1.51. The molecule has 0 bridgehead atoms. The monoisotopic (exact) mass is 565 g/mol. The fourth-order valence-corrected chi connectivity index (χ4v) is 5.81. The van der Waals surface area contributed by atoms with Crippen molar-refractivity contribution in [3.63, 3.8) is 0 Å². The molecule has 10 nitrogen and oxygen atoms in total. The number of ether oxygens (including phenoxy) is 1. The standard InChI is InChI=1S/C26H36ClN5O5S/c1-15-24(23(16(2)28)17(3)33)30-25(31-26(15)32-10-8-20(9-11-32)38(5,35)36)21-12-19(6-7-22(21)27)37-14-18(34)13-29-4/h6-7,12,18,20,28-29,33-34H,8-11,13-14H2,1-5H3/b23-17+,28-16?/t18-/m1/s1. The summed E-state index contributed by atoms with van der Waals surface area (Å²) in [5.41, 5.74) is 1.98. The van der Waals surface area contributed by atoms with Crippen LogP contribution in [0.15, 0.2) is 24.0 Å². The maximum absolute atomic E-state index is 12.1. The van der Waals surface area contributed by atoms with E-state index >= 15 is 0 Å². The fraction of sp³-hybridized carbons (Fsp3) is 0.500. The van der Waals surface area contributed by atoms with Crippen LogP contribution in [0.3, 0.4) is 0 Å². The molecule has 4 N–H and O–H groups in total. The predicted molar refractivity (Wildman–Crippen MR) is 151 cm³/mol. The van der Waals surface area contributed by atoms with Gasteiger partial charge in [0, 0.05) is 42.7 Å². The highest BCUT2D eigenvalue weighted by Gasteiger charge is 2.30. The second-order valence-electron chi connectivity index (χ2n) is 9.61. The SMILES string of the molecule is CNC[C@@H](O)COc1ccc(Cl)c(-c2nc(/C(C(C)=N)=C(\C)O)c(C)c(N3CCC(S(C)(=O)=O)CC3)n2)c1. The lowest BCUT2D eigenvalue weighted by Gasteiger charge is -2.33. The molecular weight excluding hydrogens is 530 g/mol. The van der Waals surface area contributed by atoms with Gasteiger partial charge in [0.2, 0.25) is 0 Å². The van der Waals surface area contributed by atoms with Gasteiger partial charge in [0.05, 0.1) is 21.5 Å². The van der Waals surface area contributed by atoms with Crippen LogP contribution in [-0.2, 0) is 9.84 Å². The van der Waals surface area contributed by atoms with Crippen molar-refractivity contribution in [3.05, 3.63) is 40.2 Å². The molecule has 12 heteroatoms. The van der Waals surface area contributed by atoms with Crippen LogP contribution in [0.2, 0.25) is 5.02 Å². The number of likely N-dealkylation sites (N-methyl/N-ethyl adjacent to an activating group) is 1. The topological polar surface area (TPSA) is 149 Å². The van der Waals surface area contributed by atoms with Gasteiger partial charge in [-0.3, -0.25) is 0 Å². The number of benzene rings is 1. The lowest BCUT2D eigenvalue weighted by molar-refractivity contribution is 0.108. The van der Waals surface area contributed by atoms with E-state index in [0.29, 0.717) is 65.9 Å². The molecule has 0 unspecified atom stereocenters. The van der Waals surface area contributed by atoms with Gasteiger partial charge in [0.1, 0.15) is 39.9 Å². The lowest BCUT2D eigenvalue weighted by atomic mass is 10.0. The second kappa shape index (κ2) is 12.4. The van der Waals surface area contributed by atoms with Gasteiger partial charge in [0.25, 0.3) is 0 Å². The zero-order chi connectivity index (χ0) is 28.2. The average molecular weight is 566 g/mol. The van der Waals surface area contributed by atoms with Crippen molar-refractivity contribution in [1.82, 2.24) is 15.3 Å². The number of piperidine rings is 1. The lowest BCUT2D eigenvalue weighted by Crippen LogP contribution is -2.40. The van der Waals surface area contributed by atoms with Crippen LogP contribution in [0.1, 0.15) is 37.9 Å². The molecule has 2 aromatic rings. The Bertz CT molecular complexity index is 1320. The molecule has 0 amide bonds. The number of aliphatic hydroxyl groups excluding tert-OH is 2. The molecule has 1 aromatic heterocycles. The summed E-state index contributed by atoms with van der Waals surface area (Å²) >= 11 is 6.57. The van der Waals surface area contributed by atoms with Crippen molar-refractivity contribution >= 4 is 38.5 Å². The number of halogens is 1. The Labute approximate surface area is 229 Å². The third kappa shape index (κ3) is 7.02. The Hall–Kier alpha value is -2.73. The van der Waals surface area contributed by atoms with E-state index < -0.39 is 21.2 Å². The van der Waals surface area contributed by atoms with Crippen LogP contribution in [0.5, 0.6) is 5.75 Å². The minimum atomic E-state index is -3.14. The first-order valence-corrected chi connectivity index (χ1v) is 14.7. The second-order valence-corrected chi connectivity index (χ2v) is 12.3. The molecule has 1 aliphatic rings. The van der Waals surface area contributed by atoms with Crippen LogP contribution < -0.4 is 15.0 Å². The Kier molecular flexibility index (Phi) is 9.74. The Morgan fingerprint density at radius 3 is 2.50 bits per heavy atom.